The zero-order valence-corrected chi connectivity index (χ0v) is 13.5. The Labute approximate surface area is 135 Å². The SMILES string of the molecule is CCCCCCN1C(=O)C=C(Cl)C1(O)c1ccc(Cl)cc1. The Balaban J connectivity index is 2.22. The van der Waals surface area contributed by atoms with Crippen molar-refractivity contribution in [2.24, 2.45) is 0 Å². The molecular weight excluding hydrogens is 309 g/mol. The average molecular weight is 328 g/mol. The third-order valence-electron chi connectivity index (χ3n) is 3.72. The van der Waals surface area contributed by atoms with E-state index in [4.69, 9.17) is 23.2 Å². The summed E-state index contributed by atoms with van der Waals surface area (Å²) < 4.78 is 0. The number of rotatable bonds is 6. The molecule has 5 heteroatoms. The number of benzene rings is 1. The molecule has 0 bridgehead atoms. The topological polar surface area (TPSA) is 40.5 Å². The van der Waals surface area contributed by atoms with Crippen molar-refractivity contribution in [1.29, 1.82) is 0 Å². The van der Waals surface area contributed by atoms with E-state index in [1.165, 1.54) is 11.0 Å². The highest BCUT2D eigenvalue weighted by Gasteiger charge is 2.46. The number of aliphatic hydroxyl groups is 1. The molecule has 0 saturated heterocycles. The van der Waals surface area contributed by atoms with Crippen LogP contribution < -0.4 is 0 Å². The minimum absolute atomic E-state index is 0.130. The number of halogens is 2. The van der Waals surface area contributed by atoms with Gasteiger partial charge in [0.25, 0.3) is 5.91 Å². The van der Waals surface area contributed by atoms with Crippen molar-refractivity contribution in [2.75, 3.05) is 6.54 Å². The Bertz CT molecular complexity index is 542. The van der Waals surface area contributed by atoms with Gasteiger partial charge in [-0.3, -0.25) is 4.79 Å². The zero-order chi connectivity index (χ0) is 15.5. The second kappa shape index (κ2) is 6.82. The maximum absolute atomic E-state index is 12.1. The minimum Gasteiger partial charge on any atom is -0.362 e. The minimum atomic E-state index is -1.57. The molecule has 1 amide bonds. The van der Waals surface area contributed by atoms with Crippen molar-refractivity contribution in [3.05, 3.63) is 46.0 Å². The fourth-order valence-corrected chi connectivity index (χ4v) is 2.95. The third kappa shape index (κ3) is 3.25. The van der Waals surface area contributed by atoms with E-state index < -0.39 is 5.72 Å². The molecule has 1 aromatic carbocycles. The second-order valence-electron chi connectivity index (χ2n) is 5.22. The van der Waals surface area contributed by atoms with Gasteiger partial charge in [0.2, 0.25) is 5.72 Å². The molecule has 1 aliphatic heterocycles. The molecule has 0 saturated carbocycles. The van der Waals surface area contributed by atoms with Crippen molar-refractivity contribution in [3.8, 4) is 0 Å². The van der Waals surface area contributed by atoms with Crippen LogP contribution in [0.2, 0.25) is 5.02 Å². The first-order valence-corrected chi connectivity index (χ1v) is 7.93. The predicted molar refractivity (Wildman–Crippen MR) is 85.1 cm³/mol. The molecular formula is C16H19Cl2NO2. The lowest BCUT2D eigenvalue weighted by molar-refractivity contribution is -0.143. The third-order valence-corrected chi connectivity index (χ3v) is 4.35. The highest BCUT2D eigenvalue weighted by molar-refractivity contribution is 6.33. The fourth-order valence-electron chi connectivity index (χ4n) is 2.52. The Hall–Kier alpha value is -1.03. The van der Waals surface area contributed by atoms with Gasteiger partial charge in [0.15, 0.2) is 0 Å². The monoisotopic (exact) mass is 327 g/mol. The number of carbonyl (C=O) groups is 1. The molecule has 0 aromatic heterocycles. The van der Waals surface area contributed by atoms with Crippen molar-refractivity contribution < 1.29 is 9.90 Å². The van der Waals surface area contributed by atoms with Gasteiger partial charge in [-0.2, -0.15) is 0 Å². The van der Waals surface area contributed by atoms with E-state index in [2.05, 4.69) is 6.92 Å². The van der Waals surface area contributed by atoms with Gasteiger partial charge in [0, 0.05) is 23.2 Å². The fraction of sp³-hybridized carbons (Fsp3) is 0.438. The molecule has 0 radical (unpaired) electrons. The number of nitrogens with zero attached hydrogens (tertiary/aromatic N) is 1. The van der Waals surface area contributed by atoms with Crippen LogP contribution in [0.15, 0.2) is 35.4 Å². The molecule has 1 aliphatic rings. The van der Waals surface area contributed by atoms with Gasteiger partial charge in [-0.25, -0.2) is 0 Å². The van der Waals surface area contributed by atoms with Crippen LogP contribution in [-0.2, 0) is 10.5 Å². The van der Waals surface area contributed by atoms with Crippen LogP contribution in [0.1, 0.15) is 38.2 Å². The lowest BCUT2D eigenvalue weighted by Crippen LogP contribution is -2.45. The first-order valence-electron chi connectivity index (χ1n) is 7.17. The van der Waals surface area contributed by atoms with E-state index in [1.807, 2.05) is 0 Å². The molecule has 3 nitrogen and oxygen atoms in total. The summed E-state index contributed by atoms with van der Waals surface area (Å²) in [6.45, 7) is 2.61. The van der Waals surface area contributed by atoms with Crippen LogP contribution in [0, 0.1) is 0 Å². The first-order chi connectivity index (χ1) is 10.00. The standard InChI is InChI=1S/C16H19Cl2NO2/c1-2-3-4-5-10-19-15(20)11-14(18)16(19,21)12-6-8-13(17)9-7-12/h6-9,11,21H,2-5,10H2,1H3. The molecule has 0 fully saturated rings. The van der Waals surface area contributed by atoms with E-state index in [1.54, 1.807) is 24.3 Å². The number of hydrogen-bond donors (Lipinski definition) is 1. The Morgan fingerprint density at radius 1 is 1.14 bits per heavy atom. The van der Waals surface area contributed by atoms with Crippen molar-refractivity contribution >= 4 is 29.1 Å². The van der Waals surface area contributed by atoms with Gasteiger partial charge >= 0.3 is 0 Å². The second-order valence-corrected chi connectivity index (χ2v) is 6.07. The van der Waals surface area contributed by atoms with Crippen LogP contribution in [0.5, 0.6) is 0 Å². The highest BCUT2D eigenvalue weighted by Crippen LogP contribution is 2.40. The lowest BCUT2D eigenvalue weighted by atomic mass is 10.0. The van der Waals surface area contributed by atoms with E-state index in [0.717, 1.165) is 25.7 Å². The highest BCUT2D eigenvalue weighted by atomic mass is 35.5. The van der Waals surface area contributed by atoms with Crippen LogP contribution in [0.4, 0.5) is 0 Å². The quantitative estimate of drug-likeness (QED) is 0.801. The van der Waals surface area contributed by atoms with Gasteiger partial charge in [0.1, 0.15) is 0 Å². The summed E-state index contributed by atoms with van der Waals surface area (Å²) in [4.78, 5) is 13.5. The summed E-state index contributed by atoms with van der Waals surface area (Å²) in [6, 6.07) is 6.74. The first kappa shape index (κ1) is 16.3. The molecule has 1 heterocycles. The Kier molecular flexibility index (Phi) is 5.31. The molecule has 0 aliphatic carbocycles. The number of carbonyl (C=O) groups excluding carboxylic acids is 1. The van der Waals surface area contributed by atoms with Crippen LogP contribution in [0.3, 0.4) is 0 Å². The van der Waals surface area contributed by atoms with Crippen molar-refractivity contribution in [3.63, 3.8) is 0 Å². The average Bonchev–Trinajstić information content (AvgIpc) is 2.67. The normalized spacial score (nSPS) is 21.8. The van der Waals surface area contributed by atoms with Gasteiger partial charge in [-0.1, -0.05) is 61.5 Å². The molecule has 2 rings (SSSR count). The maximum atomic E-state index is 12.1. The lowest BCUT2D eigenvalue weighted by Gasteiger charge is -2.35. The number of hydrogen-bond acceptors (Lipinski definition) is 2. The van der Waals surface area contributed by atoms with Crippen molar-refractivity contribution in [1.82, 2.24) is 4.90 Å². The molecule has 1 N–H and O–H groups in total. The number of unbranched alkanes of at least 4 members (excludes halogenated alkanes) is 3. The van der Waals surface area contributed by atoms with Gasteiger partial charge in [-0.05, 0) is 18.6 Å². The molecule has 21 heavy (non-hydrogen) atoms. The Morgan fingerprint density at radius 3 is 2.43 bits per heavy atom. The molecule has 114 valence electrons. The van der Waals surface area contributed by atoms with Crippen LogP contribution >= 0.6 is 23.2 Å². The van der Waals surface area contributed by atoms with Gasteiger partial charge in [-0.15, -0.1) is 0 Å². The molecule has 0 spiro atoms. The maximum Gasteiger partial charge on any atom is 0.250 e. The smallest absolute Gasteiger partial charge is 0.250 e. The van der Waals surface area contributed by atoms with Crippen LogP contribution in [0.25, 0.3) is 0 Å². The zero-order valence-electron chi connectivity index (χ0n) is 12.0. The van der Waals surface area contributed by atoms with E-state index in [-0.39, 0.29) is 10.9 Å². The Morgan fingerprint density at radius 2 is 1.81 bits per heavy atom. The van der Waals surface area contributed by atoms with E-state index >= 15 is 0 Å². The predicted octanol–water partition coefficient (Wildman–Crippen LogP) is 4.03. The summed E-state index contributed by atoms with van der Waals surface area (Å²) in [7, 11) is 0. The van der Waals surface area contributed by atoms with Crippen LogP contribution in [-0.4, -0.2) is 22.5 Å². The molecule has 1 aromatic rings. The summed E-state index contributed by atoms with van der Waals surface area (Å²) in [5, 5.41) is 11.7. The summed E-state index contributed by atoms with van der Waals surface area (Å²) in [5.41, 5.74) is -1.02. The van der Waals surface area contributed by atoms with Gasteiger partial charge in [0.05, 0.1) is 5.03 Å². The number of amides is 1. The largest absolute Gasteiger partial charge is 0.362 e. The van der Waals surface area contributed by atoms with Crippen molar-refractivity contribution in [2.45, 2.75) is 38.3 Å². The molecule has 1 unspecified atom stereocenters. The summed E-state index contributed by atoms with van der Waals surface area (Å²) in [5.74, 6) is -0.256. The summed E-state index contributed by atoms with van der Waals surface area (Å²) in [6.07, 6.45) is 5.38. The van der Waals surface area contributed by atoms with Gasteiger partial charge < -0.3 is 10.0 Å². The molecule has 1 atom stereocenters. The summed E-state index contributed by atoms with van der Waals surface area (Å²) >= 11 is 12.0. The van der Waals surface area contributed by atoms with E-state index in [0.29, 0.717) is 17.1 Å². The van der Waals surface area contributed by atoms with E-state index in [9.17, 15) is 9.90 Å².